The molecule has 0 saturated heterocycles. The molecule has 27 heavy (non-hydrogen) atoms. The smallest absolute Gasteiger partial charge is 0.308 e. The molecule has 2 aromatic rings. The fraction of sp³-hybridized carbons (Fsp3) is 0.450. The molecule has 0 bridgehead atoms. The summed E-state index contributed by atoms with van der Waals surface area (Å²) in [7, 11) is 0. The Labute approximate surface area is 166 Å². The maximum Gasteiger partial charge on any atom is 0.308 e. The molecule has 0 saturated carbocycles. The van der Waals surface area contributed by atoms with Gasteiger partial charge in [-0.2, -0.15) is 0 Å². The molecular formula is C20H27ClN2O4. The molecule has 0 aliphatic heterocycles. The number of hydrogen-bond donors (Lipinski definition) is 0. The fourth-order valence-electron chi connectivity index (χ4n) is 2.73. The van der Waals surface area contributed by atoms with E-state index in [1.165, 1.54) is 16.7 Å². The molecule has 0 radical (unpaired) electrons. The maximum atomic E-state index is 11.7. The third-order valence-corrected chi connectivity index (χ3v) is 4.42. The van der Waals surface area contributed by atoms with Crippen molar-refractivity contribution in [3.8, 4) is 0 Å². The Morgan fingerprint density at radius 2 is 1.81 bits per heavy atom. The SMILES string of the molecule is CCOC(=O)CCC(=O)OCn1cnc([C@@H](C)c2cccc(C)c2C)c1.Cl. The van der Waals surface area contributed by atoms with Crippen molar-refractivity contribution >= 4 is 24.3 Å². The van der Waals surface area contributed by atoms with Gasteiger partial charge in [0.25, 0.3) is 0 Å². The molecule has 148 valence electrons. The van der Waals surface area contributed by atoms with Gasteiger partial charge in [0.2, 0.25) is 0 Å². The lowest BCUT2D eigenvalue weighted by atomic mass is 9.92. The van der Waals surface area contributed by atoms with Crippen LogP contribution in [-0.4, -0.2) is 28.1 Å². The predicted molar refractivity (Wildman–Crippen MR) is 105 cm³/mol. The largest absolute Gasteiger partial charge is 0.466 e. The number of hydrogen-bond acceptors (Lipinski definition) is 5. The van der Waals surface area contributed by atoms with Gasteiger partial charge in [-0.15, -0.1) is 12.4 Å². The summed E-state index contributed by atoms with van der Waals surface area (Å²) in [6.45, 7) is 8.44. The summed E-state index contributed by atoms with van der Waals surface area (Å²) in [5, 5.41) is 0. The molecule has 0 spiro atoms. The summed E-state index contributed by atoms with van der Waals surface area (Å²) in [6.07, 6.45) is 3.57. The topological polar surface area (TPSA) is 70.4 Å². The summed E-state index contributed by atoms with van der Waals surface area (Å²) in [4.78, 5) is 27.4. The summed E-state index contributed by atoms with van der Waals surface area (Å²) in [5.74, 6) is -0.678. The highest BCUT2D eigenvalue weighted by Gasteiger charge is 2.15. The third-order valence-electron chi connectivity index (χ3n) is 4.42. The van der Waals surface area contributed by atoms with Crippen LogP contribution in [0.5, 0.6) is 0 Å². The van der Waals surface area contributed by atoms with Crippen molar-refractivity contribution < 1.29 is 19.1 Å². The number of halogens is 1. The first kappa shape index (κ1) is 22.7. The zero-order valence-electron chi connectivity index (χ0n) is 16.2. The van der Waals surface area contributed by atoms with Crippen LogP contribution in [-0.2, 0) is 25.8 Å². The van der Waals surface area contributed by atoms with Crippen LogP contribution in [0.25, 0.3) is 0 Å². The number of aryl methyl sites for hydroxylation is 1. The number of imidazole rings is 1. The average Bonchev–Trinajstić information content (AvgIpc) is 3.09. The van der Waals surface area contributed by atoms with Crippen molar-refractivity contribution in [2.24, 2.45) is 0 Å². The standard InChI is InChI=1S/C20H26N2O4.ClH/c1-5-25-19(23)9-10-20(24)26-13-22-11-18(21-12-22)16(4)17-8-6-7-14(2)15(17)3;/h6-8,11-12,16H,5,9-10,13H2,1-4H3;1H/t16-;/m0./s1. The Hall–Kier alpha value is -2.34. The zero-order chi connectivity index (χ0) is 19.1. The molecule has 1 aromatic carbocycles. The molecule has 7 heteroatoms. The molecule has 0 fully saturated rings. The van der Waals surface area contributed by atoms with Crippen LogP contribution in [0.15, 0.2) is 30.7 Å². The minimum atomic E-state index is -0.434. The molecule has 0 unspecified atom stereocenters. The quantitative estimate of drug-likeness (QED) is 0.634. The fourth-order valence-corrected chi connectivity index (χ4v) is 2.73. The Morgan fingerprint density at radius 3 is 2.48 bits per heavy atom. The summed E-state index contributed by atoms with van der Waals surface area (Å²) in [5.41, 5.74) is 4.67. The van der Waals surface area contributed by atoms with Crippen LogP contribution >= 0.6 is 12.4 Å². The Morgan fingerprint density at radius 1 is 1.15 bits per heavy atom. The summed E-state index contributed by atoms with van der Waals surface area (Å²) >= 11 is 0. The number of nitrogens with zero attached hydrogens (tertiary/aromatic N) is 2. The van der Waals surface area contributed by atoms with Crippen molar-refractivity contribution in [1.82, 2.24) is 9.55 Å². The van der Waals surface area contributed by atoms with Gasteiger partial charge < -0.3 is 14.0 Å². The van der Waals surface area contributed by atoms with Crippen molar-refractivity contribution in [1.29, 1.82) is 0 Å². The molecule has 0 aliphatic carbocycles. The van der Waals surface area contributed by atoms with Crippen LogP contribution in [0.2, 0.25) is 0 Å². The molecule has 6 nitrogen and oxygen atoms in total. The average molecular weight is 395 g/mol. The highest BCUT2D eigenvalue weighted by Crippen LogP contribution is 2.27. The monoisotopic (exact) mass is 394 g/mol. The number of rotatable bonds is 8. The first-order chi connectivity index (χ1) is 12.4. The van der Waals surface area contributed by atoms with E-state index in [-0.39, 0.29) is 37.9 Å². The van der Waals surface area contributed by atoms with Gasteiger partial charge in [0.15, 0.2) is 6.73 Å². The van der Waals surface area contributed by atoms with Gasteiger partial charge in [0.05, 0.1) is 31.5 Å². The van der Waals surface area contributed by atoms with Gasteiger partial charge >= 0.3 is 11.9 Å². The lowest BCUT2D eigenvalue weighted by Gasteiger charge is -2.14. The second-order valence-corrected chi connectivity index (χ2v) is 6.27. The molecule has 1 atom stereocenters. The highest BCUT2D eigenvalue weighted by molar-refractivity contribution is 5.85. The van der Waals surface area contributed by atoms with E-state index in [1.54, 1.807) is 17.8 Å². The number of benzene rings is 1. The number of carbonyl (C=O) groups excluding carboxylic acids is 2. The minimum Gasteiger partial charge on any atom is -0.466 e. The Kier molecular flexibility index (Phi) is 9.02. The normalized spacial score (nSPS) is 11.4. The van der Waals surface area contributed by atoms with Gasteiger partial charge in [0, 0.05) is 12.1 Å². The Bertz CT molecular complexity index is 773. The van der Waals surface area contributed by atoms with Gasteiger partial charge in [-0.05, 0) is 37.5 Å². The highest BCUT2D eigenvalue weighted by atomic mass is 35.5. The number of aromatic nitrogens is 2. The molecule has 0 amide bonds. The molecule has 1 aromatic heterocycles. The van der Waals surface area contributed by atoms with Gasteiger partial charge in [-0.3, -0.25) is 9.59 Å². The maximum absolute atomic E-state index is 11.7. The van der Waals surface area contributed by atoms with E-state index < -0.39 is 11.9 Å². The summed E-state index contributed by atoms with van der Waals surface area (Å²) in [6, 6.07) is 6.26. The van der Waals surface area contributed by atoms with E-state index >= 15 is 0 Å². The van der Waals surface area contributed by atoms with Crippen LogP contribution < -0.4 is 0 Å². The van der Waals surface area contributed by atoms with E-state index in [2.05, 4.69) is 44.0 Å². The molecule has 0 aliphatic rings. The first-order valence-electron chi connectivity index (χ1n) is 8.81. The molecule has 1 heterocycles. The van der Waals surface area contributed by atoms with E-state index in [0.717, 1.165) is 5.69 Å². The zero-order valence-corrected chi connectivity index (χ0v) is 17.0. The number of ether oxygens (including phenoxy) is 2. The number of carbonyl (C=O) groups is 2. The van der Waals surface area contributed by atoms with E-state index in [9.17, 15) is 9.59 Å². The van der Waals surface area contributed by atoms with Crippen LogP contribution in [0.4, 0.5) is 0 Å². The Balaban J connectivity index is 0.00000364. The lowest BCUT2D eigenvalue weighted by molar-refractivity contribution is -0.152. The van der Waals surface area contributed by atoms with Crippen molar-refractivity contribution in [3.05, 3.63) is 53.1 Å². The van der Waals surface area contributed by atoms with E-state index in [4.69, 9.17) is 9.47 Å². The van der Waals surface area contributed by atoms with Crippen molar-refractivity contribution in [2.75, 3.05) is 6.61 Å². The first-order valence-corrected chi connectivity index (χ1v) is 8.81. The molecule has 2 rings (SSSR count). The minimum absolute atomic E-state index is 0. The predicted octanol–water partition coefficient (Wildman–Crippen LogP) is 3.92. The third kappa shape index (κ3) is 6.40. The van der Waals surface area contributed by atoms with E-state index in [0.29, 0.717) is 6.61 Å². The second kappa shape index (κ2) is 10.7. The molecule has 0 N–H and O–H groups in total. The van der Waals surface area contributed by atoms with Crippen LogP contribution in [0.1, 0.15) is 55.0 Å². The van der Waals surface area contributed by atoms with Crippen LogP contribution in [0, 0.1) is 13.8 Å². The second-order valence-electron chi connectivity index (χ2n) is 6.27. The lowest BCUT2D eigenvalue weighted by Crippen LogP contribution is -2.12. The molecular weight excluding hydrogens is 368 g/mol. The van der Waals surface area contributed by atoms with Crippen LogP contribution in [0.3, 0.4) is 0 Å². The van der Waals surface area contributed by atoms with Gasteiger partial charge in [-0.25, -0.2) is 4.98 Å². The van der Waals surface area contributed by atoms with Crippen molar-refractivity contribution in [2.45, 2.75) is 53.2 Å². The van der Waals surface area contributed by atoms with Gasteiger partial charge in [-0.1, -0.05) is 25.1 Å². The number of esters is 2. The van der Waals surface area contributed by atoms with E-state index in [1.807, 2.05) is 6.20 Å². The van der Waals surface area contributed by atoms with Gasteiger partial charge in [0.1, 0.15) is 0 Å². The van der Waals surface area contributed by atoms with Crippen molar-refractivity contribution in [3.63, 3.8) is 0 Å². The summed E-state index contributed by atoms with van der Waals surface area (Å²) < 4.78 is 11.7.